The van der Waals surface area contributed by atoms with E-state index < -0.39 is 11.9 Å². The molecule has 0 bridgehead atoms. The molecule has 1 aromatic rings. The Morgan fingerprint density at radius 1 is 1.00 bits per heavy atom. The Bertz CT molecular complexity index is 1180. The second-order valence-electron chi connectivity index (χ2n) is 10.9. The van der Waals surface area contributed by atoms with Gasteiger partial charge in [0.15, 0.2) is 0 Å². The van der Waals surface area contributed by atoms with Crippen molar-refractivity contribution in [3.8, 4) is 0 Å². The number of rotatable bonds is 9. The summed E-state index contributed by atoms with van der Waals surface area (Å²) in [7, 11) is 2.60. The number of hydrogen-bond acceptors (Lipinski definition) is 10. The van der Waals surface area contributed by atoms with Gasteiger partial charge in [-0.3, -0.25) is 14.5 Å². The molecule has 4 heterocycles. The molecule has 2 saturated heterocycles. The number of nitrogens with one attached hydrogen (secondary N) is 1. The molecule has 2 atom stereocenters. The van der Waals surface area contributed by atoms with Crippen molar-refractivity contribution < 1.29 is 28.7 Å². The Balaban J connectivity index is 1.21. The third-order valence-corrected chi connectivity index (χ3v) is 9.57. The second kappa shape index (κ2) is 12.5. The number of allylic oxidation sites excluding steroid dienone is 1. The standard InChI is InChI=1S/C28H37N5O6S/c1-38-27(36)21-13-22(28(37)39-2)24(30-23(21)3-4-25-29-5-10-40-25)14-26(35)33-8-6-32(7-9-33)20-11-18-15-31(17-34)16-19(18)12-20/h5,10,17-20,30H,3-4,6-9,11-16H2,1-2H3. The Kier molecular flexibility index (Phi) is 8.84. The summed E-state index contributed by atoms with van der Waals surface area (Å²) in [5.41, 5.74) is 1.75. The summed E-state index contributed by atoms with van der Waals surface area (Å²) < 4.78 is 10.0. The van der Waals surface area contributed by atoms with Gasteiger partial charge in [0.05, 0.1) is 36.8 Å². The third-order valence-electron chi connectivity index (χ3n) is 8.73. The lowest BCUT2D eigenvalue weighted by molar-refractivity contribution is -0.137. The van der Waals surface area contributed by atoms with E-state index >= 15 is 0 Å². The molecular weight excluding hydrogens is 534 g/mol. The van der Waals surface area contributed by atoms with Crippen LogP contribution in [-0.2, 0) is 35.1 Å². The molecule has 11 nitrogen and oxygen atoms in total. The molecule has 1 aromatic heterocycles. The highest BCUT2D eigenvalue weighted by Crippen LogP contribution is 2.40. The lowest BCUT2D eigenvalue weighted by Gasteiger charge is -2.39. The number of nitrogens with zero attached hydrogens (tertiary/aromatic N) is 4. The maximum Gasteiger partial charge on any atom is 0.335 e. The lowest BCUT2D eigenvalue weighted by atomic mass is 9.94. The van der Waals surface area contributed by atoms with E-state index in [0.29, 0.717) is 60.8 Å². The van der Waals surface area contributed by atoms with Crippen molar-refractivity contribution >= 4 is 35.6 Å². The van der Waals surface area contributed by atoms with Crippen LogP contribution in [0.15, 0.2) is 34.1 Å². The quantitative estimate of drug-likeness (QED) is 0.346. The van der Waals surface area contributed by atoms with Gasteiger partial charge in [0, 0.05) is 81.1 Å². The maximum absolute atomic E-state index is 13.4. The molecule has 3 aliphatic heterocycles. The van der Waals surface area contributed by atoms with Crippen LogP contribution in [0.2, 0.25) is 0 Å². The average molecular weight is 572 g/mol. The van der Waals surface area contributed by atoms with Crippen molar-refractivity contribution in [3.63, 3.8) is 0 Å². The summed E-state index contributed by atoms with van der Waals surface area (Å²) >= 11 is 1.54. The fourth-order valence-electron chi connectivity index (χ4n) is 6.62. The SMILES string of the molecule is COC(=O)C1=C(CCc2nccs2)NC(CC(=O)N2CCN(C3CC4CN(C=O)CC4C3)CC2)=C(C(=O)OC)C1. The number of dihydropyridines is 1. The number of aryl methyl sites for hydroxylation is 1. The number of aromatic nitrogens is 1. The van der Waals surface area contributed by atoms with E-state index in [0.717, 1.165) is 50.4 Å². The van der Waals surface area contributed by atoms with E-state index in [1.54, 1.807) is 6.20 Å². The van der Waals surface area contributed by atoms with Crippen molar-refractivity contribution in [2.75, 3.05) is 53.5 Å². The molecule has 40 heavy (non-hydrogen) atoms. The third kappa shape index (κ3) is 6.07. The van der Waals surface area contributed by atoms with E-state index in [9.17, 15) is 19.2 Å². The molecule has 1 aliphatic carbocycles. The van der Waals surface area contributed by atoms with Crippen LogP contribution in [-0.4, -0.2) is 103 Å². The fourth-order valence-corrected chi connectivity index (χ4v) is 7.24. The second-order valence-corrected chi connectivity index (χ2v) is 11.9. The van der Waals surface area contributed by atoms with Gasteiger partial charge in [0.1, 0.15) is 0 Å². The van der Waals surface area contributed by atoms with Crippen LogP contribution in [0.1, 0.15) is 37.1 Å². The maximum atomic E-state index is 13.4. The first-order chi connectivity index (χ1) is 19.4. The Hall–Kier alpha value is -3.25. The number of methoxy groups -OCH3 is 2. The molecular formula is C28H37N5O6S. The number of esters is 2. The van der Waals surface area contributed by atoms with Crippen molar-refractivity contribution in [1.29, 1.82) is 0 Å². The van der Waals surface area contributed by atoms with Gasteiger partial charge < -0.3 is 24.6 Å². The molecule has 0 radical (unpaired) electrons. The summed E-state index contributed by atoms with van der Waals surface area (Å²) in [6.45, 7) is 4.62. The molecule has 0 spiro atoms. The predicted octanol–water partition coefficient (Wildman–Crippen LogP) is 1.32. The molecule has 1 N–H and O–H groups in total. The van der Waals surface area contributed by atoms with Crippen LogP contribution in [0.25, 0.3) is 0 Å². The van der Waals surface area contributed by atoms with Crippen LogP contribution in [0.5, 0.6) is 0 Å². The first-order valence-electron chi connectivity index (χ1n) is 13.9. The minimum atomic E-state index is -0.569. The van der Waals surface area contributed by atoms with Gasteiger partial charge in [-0.25, -0.2) is 14.6 Å². The molecule has 1 saturated carbocycles. The predicted molar refractivity (Wildman–Crippen MR) is 147 cm³/mol. The molecule has 2 unspecified atom stereocenters. The number of thiazole rings is 1. The number of hydrogen-bond donors (Lipinski definition) is 1. The summed E-state index contributed by atoms with van der Waals surface area (Å²) in [5, 5.41) is 6.08. The van der Waals surface area contributed by atoms with Crippen LogP contribution in [0.3, 0.4) is 0 Å². The number of ether oxygens (including phenoxy) is 2. The molecule has 4 aliphatic rings. The molecule has 216 valence electrons. The van der Waals surface area contributed by atoms with E-state index in [-0.39, 0.29) is 24.3 Å². The van der Waals surface area contributed by atoms with E-state index in [1.807, 2.05) is 15.2 Å². The zero-order valence-corrected chi connectivity index (χ0v) is 23.9. The Labute approximate surface area is 238 Å². The van der Waals surface area contributed by atoms with Crippen molar-refractivity contribution in [1.82, 2.24) is 25.0 Å². The van der Waals surface area contributed by atoms with Crippen LogP contribution in [0, 0.1) is 11.8 Å². The Morgan fingerprint density at radius 2 is 1.65 bits per heavy atom. The van der Waals surface area contributed by atoms with E-state index in [1.165, 1.54) is 25.6 Å². The monoisotopic (exact) mass is 571 g/mol. The minimum absolute atomic E-state index is 0.0226. The van der Waals surface area contributed by atoms with Gasteiger partial charge in [-0.2, -0.15) is 0 Å². The number of carbonyl (C=O) groups is 4. The highest BCUT2D eigenvalue weighted by atomic mass is 32.1. The number of fused-ring (bicyclic) bond motifs is 1. The molecule has 5 rings (SSSR count). The number of carbonyl (C=O) groups excluding carboxylic acids is 4. The first-order valence-corrected chi connectivity index (χ1v) is 14.7. The van der Waals surface area contributed by atoms with Gasteiger partial charge in [0.25, 0.3) is 0 Å². The highest BCUT2D eigenvalue weighted by molar-refractivity contribution is 7.09. The van der Waals surface area contributed by atoms with Crippen molar-refractivity contribution in [2.24, 2.45) is 11.8 Å². The first kappa shape index (κ1) is 28.3. The summed E-state index contributed by atoms with van der Waals surface area (Å²) in [6.07, 6.45) is 6.11. The Morgan fingerprint density at radius 3 is 2.23 bits per heavy atom. The highest BCUT2D eigenvalue weighted by Gasteiger charge is 2.43. The molecule has 0 aromatic carbocycles. The van der Waals surface area contributed by atoms with Gasteiger partial charge in [-0.1, -0.05) is 0 Å². The minimum Gasteiger partial charge on any atom is -0.466 e. The lowest BCUT2D eigenvalue weighted by Crippen LogP contribution is -2.52. The molecule has 12 heteroatoms. The van der Waals surface area contributed by atoms with E-state index in [2.05, 4.69) is 15.2 Å². The van der Waals surface area contributed by atoms with Crippen molar-refractivity contribution in [3.05, 3.63) is 39.1 Å². The van der Waals surface area contributed by atoms with Gasteiger partial charge in [0.2, 0.25) is 12.3 Å². The average Bonchev–Trinajstić information content (AvgIpc) is 3.72. The zero-order chi connectivity index (χ0) is 28.2. The van der Waals surface area contributed by atoms with Gasteiger partial charge >= 0.3 is 11.9 Å². The van der Waals surface area contributed by atoms with Gasteiger partial charge in [-0.15, -0.1) is 11.3 Å². The summed E-state index contributed by atoms with van der Waals surface area (Å²) in [5.74, 6) is 0.0291. The summed E-state index contributed by atoms with van der Waals surface area (Å²) in [4.78, 5) is 60.4. The van der Waals surface area contributed by atoms with Crippen LogP contribution in [0.4, 0.5) is 0 Å². The van der Waals surface area contributed by atoms with Crippen molar-refractivity contribution in [2.45, 2.75) is 44.6 Å². The van der Waals surface area contributed by atoms with E-state index in [4.69, 9.17) is 9.47 Å². The summed E-state index contributed by atoms with van der Waals surface area (Å²) in [6, 6.07) is 0.511. The molecule has 2 amide bonds. The topological polar surface area (TPSA) is 121 Å². The fraction of sp³-hybridized carbons (Fsp3) is 0.607. The van der Waals surface area contributed by atoms with Crippen LogP contribution < -0.4 is 5.32 Å². The normalized spacial score (nSPS) is 25.1. The molecule has 3 fully saturated rings. The smallest absolute Gasteiger partial charge is 0.335 e. The largest absolute Gasteiger partial charge is 0.466 e. The number of piperazine rings is 1. The number of likely N-dealkylation sites (tertiary alicyclic amines) is 1. The zero-order valence-electron chi connectivity index (χ0n) is 23.1. The number of amides is 2. The van der Waals surface area contributed by atoms with Crippen LogP contribution >= 0.6 is 11.3 Å². The van der Waals surface area contributed by atoms with Gasteiger partial charge in [-0.05, 0) is 31.1 Å².